The van der Waals surface area contributed by atoms with Crippen LogP contribution in [0.1, 0.15) is 32.4 Å². The van der Waals surface area contributed by atoms with Gasteiger partial charge in [0.15, 0.2) is 0 Å². The van der Waals surface area contributed by atoms with Crippen molar-refractivity contribution in [3.63, 3.8) is 0 Å². The number of hydrogen-bond acceptors (Lipinski definition) is 4. The normalized spacial score (nSPS) is 18.9. The number of rotatable bonds is 3. The Kier molecular flexibility index (Phi) is 4.32. The Labute approximate surface area is 115 Å². The second-order valence-corrected chi connectivity index (χ2v) is 5.65. The highest BCUT2D eigenvalue weighted by molar-refractivity contribution is 5.54. The minimum Gasteiger partial charge on any atom is -0.508 e. The molecule has 1 saturated heterocycles. The lowest BCUT2D eigenvalue weighted by Gasteiger charge is -2.38. The Bertz CT molecular complexity index is 423. The number of piperazine rings is 1. The highest BCUT2D eigenvalue weighted by atomic mass is 16.3. The van der Waals surface area contributed by atoms with Crippen molar-refractivity contribution < 1.29 is 5.11 Å². The van der Waals surface area contributed by atoms with Gasteiger partial charge >= 0.3 is 0 Å². The maximum Gasteiger partial charge on any atom is 0.122 e. The summed E-state index contributed by atoms with van der Waals surface area (Å²) < 4.78 is 0. The zero-order valence-electron chi connectivity index (χ0n) is 12.1. The largest absolute Gasteiger partial charge is 0.508 e. The first-order valence-corrected chi connectivity index (χ1v) is 7.06. The third-order valence-corrected chi connectivity index (χ3v) is 3.91. The van der Waals surface area contributed by atoms with Crippen LogP contribution in [0.5, 0.6) is 5.75 Å². The number of nitrogens with two attached hydrogens (primary N) is 1. The molecule has 1 fully saturated rings. The molecule has 1 aliphatic heterocycles. The maximum atomic E-state index is 10.0. The smallest absolute Gasteiger partial charge is 0.122 e. The molecular formula is C15H25N3O. The summed E-state index contributed by atoms with van der Waals surface area (Å²) in [7, 11) is 0. The van der Waals surface area contributed by atoms with Gasteiger partial charge in [-0.2, -0.15) is 0 Å². The van der Waals surface area contributed by atoms with E-state index in [1.165, 1.54) is 0 Å². The minimum absolute atomic E-state index is 0.133. The molecule has 0 aromatic heterocycles. The van der Waals surface area contributed by atoms with Crippen molar-refractivity contribution in [3.05, 3.63) is 23.8 Å². The second kappa shape index (κ2) is 5.80. The van der Waals surface area contributed by atoms with E-state index in [1.807, 2.05) is 19.1 Å². The Balaban J connectivity index is 2.06. The summed E-state index contributed by atoms with van der Waals surface area (Å²) in [6.07, 6.45) is 0. The number of benzene rings is 1. The van der Waals surface area contributed by atoms with Crippen molar-refractivity contribution in [1.29, 1.82) is 0 Å². The van der Waals surface area contributed by atoms with E-state index in [4.69, 9.17) is 5.73 Å². The predicted octanol–water partition coefficient (Wildman–Crippen LogP) is 1.94. The molecule has 4 nitrogen and oxygen atoms in total. The number of anilines is 1. The quantitative estimate of drug-likeness (QED) is 0.875. The Morgan fingerprint density at radius 2 is 1.74 bits per heavy atom. The van der Waals surface area contributed by atoms with Gasteiger partial charge in [0.2, 0.25) is 0 Å². The van der Waals surface area contributed by atoms with Gasteiger partial charge in [-0.3, -0.25) is 4.90 Å². The number of phenolic OH excluding ortho intramolecular Hbond substituents is 1. The molecule has 3 N–H and O–H groups in total. The molecule has 4 heteroatoms. The molecule has 0 bridgehead atoms. The number of phenols is 1. The predicted molar refractivity (Wildman–Crippen MR) is 79.6 cm³/mol. The van der Waals surface area contributed by atoms with E-state index in [9.17, 15) is 5.11 Å². The van der Waals surface area contributed by atoms with Crippen LogP contribution in [0.2, 0.25) is 0 Å². The Morgan fingerprint density at radius 3 is 2.21 bits per heavy atom. The monoisotopic (exact) mass is 263 g/mol. The highest BCUT2D eigenvalue weighted by Gasteiger charge is 2.19. The molecule has 0 saturated carbocycles. The first-order valence-electron chi connectivity index (χ1n) is 7.06. The van der Waals surface area contributed by atoms with Crippen LogP contribution < -0.4 is 10.6 Å². The molecule has 1 aromatic carbocycles. The third kappa shape index (κ3) is 3.19. The number of hydrogen-bond donors (Lipinski definition) is 2. The summed E-state index contributed by atoms with van der Waals surface area (Å²) in [6.45, 7) is 10.5. The molecule has 1 aliphatic rings. The molecule has 0 spiro atoms. The van der Waals surface area contributed by atoms with Crippen LogP contribution in [0.4, 0.5) is 5.69 Å². The first kappa shape index (κ1) is 14.2. The number of aromatic hydroxyl groups is 1. The van der Waals surface area contributed by atoms with Gasteiger partial charge in [0.1, 0.15) is 5.75 Å². The Morgan fingerprint density at radius 1 is 1.11 bits per heavy atom. The third-order valence-electron chi connectivity index (χ3n) is 3.91. The van der Waals surface area contributed by atoms with Crippen molar-refractivity contribution in [2.24, 2.45) is 5.73 Å². The molecule has 1 atom stereocenters. The summed E-state index contributed by atoms with van der Waals surface area (Å²) in [4.78, 5) is 4.80. The van der Waals surface area contributed by atoms with Crippen molar-refractivity contribution in [3.8, 4) is 5.75 Å². The van der Waals surface area contributed by atoms with Gasteiger partial charge in [0.05, 0.1) is 0 Å². The Hall–Kier alpha value is -1.26. The fourth-order valence-corrected chi connectivity index (χ4v) is 2.61. The zero-order chi connectivity index (χ0) is 14.0. The highest BCUT2D eigenvalue weighted by Crippen LogP contribution is 2.28. The van der Waals surface area contributed by atoms with E-state index in [0.29, 0.717) is 11.8 Å². The molecule has 1 heterocycles. The van der Waals surface area contributed by atoms with Crippen molar-refractivity contribution in [2.75, 3.05) is 31.1 Å². The van der Waals surface area contributed by atoms with Crippen LogP contribution in [-0.4, -0.2) is 42.2 Å². The van der Waals surface area contributed by atoms with Crippen LogP contribution in [0, 0.1) is 0 Å². The summed E-state index contributed by atoms with van der Waals surface area (Å²) in [5.74, 6) is 0.304. The zero-order valence-corrected chi connectivity index (χ0v) is 12.1. The van der Waals surface area contributed by atoms with E-state index in [0.717, 1.165) is 37.4 Å². The van der Waals surface area contributed by atoms with Gasteiger partial charge in [-0.15, -0.1) is 0 Å². The molecule has 106 valence electrons. The van der Waals surface area contributed by atoms with E-state index >= 15 is 0 Å². The summed E-state index contributed by atoms with van der Waals surface area (Å²) in [5.41, 5.74) is 7.71. The SMILES string of the molecule is CC(N)c1ccc(N2CCN(C(C)C)CC2)cc1O. The molecule has 0 amide bonds. The lowest BCUT2D eigenvalue weighted by Crippen LogP contribution is -2.48. The average Bonchev–Trinajstić information content (AvgIpc) is 2.38. The maximum absolute atomic E-state index is 10.0. The lowest BCUT2D eigenvalue weighted by atomic mass is 10.1. The fraction of sp³-hybridized carbons (Fsp3) is 0.600. The minimum atomic E-state index is -0.133. The van der Waals surface area contributed by atoms with E-state index in [-0.39, 0.29) is 6.04 Å². The molecule has 0 aliphatic carbocycles. The summed E-state index contributed by atoms with van der Waals surface area (Å²) >= 11 is 0. The standard InChI is InChI=1S/C15H25N3O/c1-11(2)17-6-8-18(9-7-17)13-4-5-14(12(3)16)15(19)10-13/h4-5,10-12,19H,6-9,16H2,1-3H3. The van der Waals surface area contributed by atoms with Crippen LogP contribution >= 0.6 is 0 Å². The van der Waals surface area contributed by atoms with E-state index in [1.54, 1.807) is 0 Å². The first-order chi connectivity index (χ1) is 8.99. The molecular weight excluding hydrogens is 238 g/mol. The van der Waals surface area contributed by atoms with Gasteiger partial charge < -0.3 is 15.7 Å². The van der Waals surface area contributed by atoms with Gasteiger partial charge in [0.25, 0.3) is 0 Å². The van der Waals surface area contributed by atoms with E-state index in [2.05, 4.69) is 29.7 Å². The molecule has 0 radical (unpaired) electrons. The van der Waals surface area contributed by atoms with E-state index < -0.39 is 0 Å². The molecule has 19 heavy (non-hydrogen) atoms. The van der Waals surface area contributed by atoms with Gasteiger partial charge in [-0.25, -0.2) is 0 Å². The second-order valence-electron chi connectivity index (χ2n) is 5.65. The summed E-state index contributed by atoms with van der Waals surface area (Å²) in [5, 5.41) is 10.0. The van der Waals surface area contributed by atoms with Gasteiger partial charge in [0, 0.05) is 55.6 Å². The van der Waals surface area contributed by atoms with Crippen LogP contribution in [0.15, 0.2) is 18.2 Å². The van der Waals surface area contributed by atoms with Crippen LogP contribution in [0.25, 0.3) is 0 Å². The molecule has 1 aromatic rings. The van der Waals surface area contributed by atoms with Crippen molar-refractivity contribution in [2.45, 2.75) is 32.9 Å². The van der Waals surface area contributed by atoms with Crippen LogP contribution in [-0.2, 0) is 0 Å². The number of nitrogens with zero attached hydrogens (tertiary/aromatic N) is 2. The molecule has 2 rings (SSSR count). The average molecular weight is 263 g/mol. The lowest BCUT2D eigenvalue weighted by molar-refractivity contribution is 0.209. The van der Waals surface area contributed by atoms with Gasteiger partial charge in [-0.05, 0) is 26.8 Å². The van der Waals surface area contributed by atoms with Gasteiger partial charge in [-0.1, -0.05) is 6.07 Å². The van der Waals surface area contributed by atoms with Crippen molar-refractivity contribution in [1.82, 2.24) is 4.90 Å². The fourth-order valence-electron chi connectivity index (χ4n) is 2.61. The van der Waals surface area contributed by atoms with Crippen molar-refractivity contribution >= 4 is 5.69 Å². The topological polar surface area (TPSA) is 52.7 Å². The summed E-state index contributed by atoms with van der Waals surface area (Å²) in [6, 6.07) is 6.31. The van der Waals surface area contributed by atoms with Crippen LogP contribution in [0.3, 0.4) is 0 Å². The molecule has 1 unspecified atom stereocenters.